The Balaban J connectivity index is 1.66. The minimum Gasteiger partial charge on any atom is -0.376 e. The van der Waals surface area contributed by atoms with Crippen LogP contribution in [-0.2, 0) is 31.5 Å². The van der Waals surface area contributed by atoms with Crippen molar-refractivity contribution in [3.8, 4) is 0 Å². The first-order valence-corrected chi connectivity index (χ1v) is 11.3. The molecule has 8 nitrogen and oxygen atoms in total. The summed E-state index contributed by atoms with van der Waals surface area (Å²) in [6.07, 6.45) is 2.83. The van der Waals surface area contributed by atoms with Crippen LogP contribution in [0.3, 0.4) is 0 Å². The molecule has 9 heteroatoms. The van der Waals surface area contributed by atoms with Crippen molar-refractivity contribution in [2.75, 3.05) is 43.4 Å². The molecule has 3 aliphatic rings. The quantitative estimate of drug-likeness (QED) is 0.751. The molecule has 4 heterocycles. The van der Waals surface area contributed by atoms with Crippen molar-refractivity contribution in [2.24, 2.45) is 0 Å². The van der Waals surface area contributed by atoms with Crippen LogP contribution in [0, 0.1) is 0 Å². The van der Waals surface area contributed by atoms with Gasteiger partial charge in [-0.2, -0.15) is 0 Å². The second-order valence-electron chi connectivity index (χ2n) is 7.96. The van der Waals surface area contributed by atoms with Crippen molar-refractivity contribution in [1.29, 1.82) is 0 Å². The van der Waals surface area contributed by atoms with E-state index >= 15 is 0 Å². The monoisotopic (exact) mass is 396 g/mol. The Hall–Kier alpha value is -1.29. The van der Waals surface area contributed by atoms with Gasteiger partial charge in [0.2, 0.25) is 16.0 Å². The van der Waals surface area contributed by atoms with Crippen molar-refractivity contribution < 1.29 is 17.9 Å². The fraction of sp³-hybridized carbons (Fsp3) is 0.778. The van der Waals surface area contributed by atoms with Gasteiger partial charge in [-0.1, -0.05) is 0 Å². The second kappa shape index (κ2) is 6.95. The maximum absolute atomic E-state index is 12.4. The standard InChI is InChI=1S/C18H28N4O4S/c1-4-27(23,24)22-6-5-18(11-22)12-25-10-15-7-19-17(20-16(15)18)21-8-13(2)26-14(3)9-21/h7,13-14H,4-6,8-12H2,1-3H3. The van der Waals surface area contributed by atoms with Gasteiger partial charge in [-0.3, -0.25) is 0 Å². The topological polar surface area (TPSA) is 84.9 Å². The Kier molecular flexibility index (Phi) is 4.90. The van der Waals surface area contributed by atoms with E-state index in [1.165, 1.54) is 0 Å². The maximum atomic E-state index is 12.4. The van der Waals surface area contributed by atoms with Gasteiger partial charge in [0.25, 0.3) is 0 Å². The summed E-state index contributed by atoms with van der Waals surface area (Å²) in [5.74, 6) is 0.823. The highest BCUT2D eigenvalue weighted by atomic mass is 32.2. The summed E-state index contributed by atoms with van der Waals surface area (Å²) in [6, 6.07) is 0. The Morgan fingerprint density at radius 3 is 2.74 bits per heavy atom. The number of morpholine rings is 1. The number of aromatic nitrogens is 2. The Morgan fingerprint density at radius 1 is 1.30 bits per heavy atom. The minimum atomic E-state index is -3.21. The zero-order valence-electron chi connectivity index (χ0n) is 16.2. The van der Waals surface area contributed by atoms with Crippen LogP contribution in [0.1, 0.15) is 38.4 Å². The molecule has 0 bridgehead atoms. The fourth-order valence-corrected chi connectivity index (χ4v) is 5.62. The number of fused-ring (bicyclic) bond motifs is 2. The van der Waals surface area contributed by atoms with Crippen molar-refractivity contribution >= 4 is 16.0 Å². The summed E-state index contributed by atoms with van der Waals surface area (Å²) in [5, 5.41) is 0. The summed E-state index contributed by atoms with van der Waals surface area (Å²) in [4.78, 5) is 11.7. The molecule has 0 amide bonds. The van der Waals surface area contributed by atoms with Gasteiger partial charge in [0, 0.05) is 37.9 Å². The van der Waals surface area contributed by atoms with Crippen LogP contribution in [0.2, 0.25) is 0 Å². The van der Waals surface area contributed by atoms with Gasteiger partial charge < -0.3 is 14.4 Å². The predicted molar refractivity (Wildman–Crippen MR) is 101 cm³/mol. The molecular formula is C18H28N4O4S. The smallest absolute Gasteiger partial charge is 0.225 e. The molecule has 1 aromatic rings. The number of hydrogen-bond acceptors (Lipinski definition) is 7. The first-order chi connectivity index (χ1) is 12.8. The highest BCUT2D eigenvalue weighted by Crippen LogP contribution is 2.40. The lowest BCUT2D eigenvalue weighted by molar-refractivity contribution is -0.00583. The number of sulfonamides is 1. The normalized spacial score (nSPS) is 32.0. The van der Waals surface area contributed by atoms with Gasteiger partial charge in [-0.15, -0.1) is 0 Å². The lowest BCUT2D eigenvalue weighted by Crippen LogP contribution is -2.47. The Morgan fingerprint density at radius 2 is 2.04 bits per heavy atom. The Labute approximate surface area is 160 Å². The third-order valence-corrected chi connectivity index (χ3v) is 7.60. The highest BCUT2D eigenvalue weighted by Gasteiger charge is 2.47. The van der Waals surface area contributed by atoms with Crippen molar-refractivity contribution in [1.82, 2.24) is 14.3 Å². The van der Waals surface area contributed by atoms with Gasteiger partial charge in [-0.25, -0.2) is 22.7 Å². The number of nitrogens with zero attached hydrogens (tertiary/aromatic N) is 4. The first-order valence-electron chi connectivity index (χ1n) is 9.65. The summed E-state index contributed by atoms with van der Waals surface area (Å²) in [6.45, 7) is 9.24. The molecule has 4 rings (SSSR count). The summed E-state index contributed by atoms with van der Waals surface area (Å²) < 4.78 is 37.9. The zero-order chi connectivity index (χ0) is 19.2. The lowest BCUT2D eigenvalue weighted by Gasteiger charge is -2.38. The molecule has 0 radical (unpaired) electrons. The molecule has 2 fully saturated rings. The lowest BCUT2D eigenvalue weighted by atomic mass is 9.81. The molecule has 1 aromatic heterocycles. The average Bonchev–Trinajstić information content (AvgIpc) is 3.07. The molecule has 150 valence electrons. The molecule has 3 unspecified atom stereocenters. The van der Waals surface area contributed by atoms with E-state index in [0.29, 0.717) is 32.3 Å². The van der Waals surface area contributed by atoms with Crippen molar-refractivity contribution in [3.05, 3.63) is 17.5 Å². The van der Waals surface area contributed by atoms with Crippen LogP contribution in [0.5, 0.6) is 0 Å². The highest BCUT2D eigenvalue weighted by molar-refractivity contribution is 7.89. The minimum absolute atomic E-state index is 0.120. The summed E-state index contributed by atoms with van der Waals surface area (Å²) >= 11 is 0. The van der Waals surface area contributed by atoms with Crippen LogP contribution in [0.15, 0.2) is 6.20 Å². The van der Waals surface area contributed by atoms with Crippen LogP contribution < -0.4 is 4.90 Å². The van der Waals surface area contributed by atoms with E-state index in [0.717, 1.165) is 30.8 Å². The molecule has 0 N–H and O–H groups in total. The third kappa shape index (κ3) is 3.46. The largest absolute Gasteiger partial charge is 0.376 e. The van der Waals surface area contributed by atoms with Crippen LogP contribution in [-0.4, -0.2) is 73.4 Å². The number of ether oxygens (including phenoxy) is 2. The van der Waals surface area contributed by atoms with Gasteiger partial charge >= 0.3 is 0 Å². The zero-order valence-corrected chi connectivity index (χ0v) is 17.0. The van der Waals surface area contributed by atoms with Gasteiger partial charge in [-0.05, 0) is 27.2 Å². The molecule has 1 spiro atoms. The van der Waals surface area contributed by atoms with E-state index in [-0.39, 0.29) is 23.4 Å². The fourth-order valence-electron chi connectivity index (χ4n) is 4.45. The van der Waals surface area contributed by atoms with Crippen molar-refractivity contribution in [3.63, 3.8) is 0 Å². The molecule has 0 aliphatic carbocycles. The third-order valence-electron chi connectivity index (χ3n) is 5.77. The number of rotatable bonds is 3. The van der Waals surface area contributed by atoms with Crippen molar-refractivity contribution in [2.45, 2.75) is 51.4 Å². The maximum Gasteiger partial charge on any atom is 0.225 e. The Bertz CT molecular complexity index is 808. The predicted octanol–water partition coefficient (Wildman–Crippen LogP) is 0.914. The van der Waals surface area contributed by atoms with E-state index in [2.05, 4.69) is 23.7 Å². The van der Waals surface area contributed by atoms with E-state index in [9.17, 15) is 8.42 Å². The molecule has 0 saturated carbocycles. The van der Waals surface area contributed by atoms with Crippen LogP contribution in [0.25, 0.3) is 0 Å². The first kappa shape index (κ1) is 19.0. The average molecular weight is 397 g/mol. The molecule has 3 aliphatic heterocycles. The SMILES string of the molecule is CCS(=O)(=O)N1CCC2(COCc3cnc(N4CC(C)OC(C)C4)nc32)C1. The molecule has 0 aromatic carbocycles. The van der Waals surface area contributed by atoms with Gasteiger partial charge in [0.05, 0.1) is 42.3 Å². The molecular weight excluding hydrogens is 368 g/mol. The van der Waals surface area contributed by atoms with Crippen LogP contribution >= 0.6 is 0 Å². The molecule has 3 atom stereocenters. The van der Waals surface area contributed by atoms with E-state index in [1.54, 1.807) is 11.2 Å². The molecule has 2 saturated heterocycles. The number of anilines is 1. The summed E-state index contributed by atoms with van der Waals surface area (Å²) in [5.41, 5.74) is 1.55. The van der Waals surface area contributed by atoms with Gasteiger partial charge in [0.15, 0.2) is 0 Å². The summed E-state index contributed by atoms with van der Waals surface area (Å²) in [7, 11) is -3.21. The van der Waals surface area contributed by atoms with E-state index < -0.39 is 10.0 Å². The van der Waals surface area contributed by atoms with E-state index in [1.807, 2.05) is 6.20 Å². The second-order valence-corrected chi connectivity index (χ2v) is 10.2. The van der Waals surface area contributed by atoms with Gasteiger partial charge in [0.1, 0.15) is 0 Å². The van der Waals surface area contributed by atoms with E-state index in [4.69, 9.17) is 14.5 Å². The van der Waals surface area contributed by atoms with Crippen LogP contribution in [0.4, 0.5) is 5.95 Å². The molecule has 27 heavy (non-hydrogen) atoms. The number of hydrogen-bond donors (Lipinski definition) is 0.